The monoisotopic (exact) mass is 262 g/mol. The number of carboxylic acids is 1. The normalized spacial score (nSPS) is 10.2. The molecule has 6 nitrogen and oxygen atoms in total. The van der Waals surface area contributed by atoms with Crippen molar-refractivity contribution in [2.45, 2.75) is 13.5 Å². The van der Waals surface area contributed by atoms with Crippen molar-refractivity contribution in [3.63, 3.8) is 0 Å². The lowest BCUT2D eigenvalue weighted by Gasteiger charge is -2.10. The summed E-state index contributed by atoms with van der Waals surface area (Å²) < 4.78 is 10.1. The molecule has 0 bridgehead atoms. The minimum Gasteiger partial charge on any atom is -0.497 e. The summed E-state index contributed by atoms with van der Waals surface area (Å²) >= 11 is 0. The molecule has 0 aliphatic carbocycles. The first kappa shape index (κ1) is 12.9. The highest BCUT2D eigenvalue weighted by Crippen LogP contribution is 2.22. The van der Waals surface area contributed by atoms with Gasteiger partial charge >= 0.3 is 5.97 Å². The zero-order chi connectivity index (χ0) is 13.8. The Morgan fingerprint density at radius 3 is 3.00 bits per heavy atom. The molecule has 0 aliphatic rings. The first-order valence-corrected chi connectivity index (χ1v) is 5.67. The maximum Gasteiger partial charge on any atom is 0.341 e. The van der Waals surface area contributed by atoms with Gasteiger partial charge in [0.1, 0.15) is 11.3 Å². The van der Waals surface area contributed by atoms with Crippen LogP contribution in [0.25, 0.3) is 0 Å². The molecule has 0 atom stereocenters. The fourth-order valence-corrected chi connectivity index (χ4v) is 1.66. The van der Waals surface area contributed by atoms with Gasteiger partial charge in [0, 0.05) is 11.8 Å². The van der Waals surface area contributed by atoms with Crippen molar-refractivity contribution in [2.24, 2.45) is 0 Å². The first-order chi connectivity index (χ1) is 9.11. The van der Waals surface area contributed by atoms with Gasteiger partial charge in [-0.2, -0.15) is 0 Å². The van der Waals surface area contributed by atoms with Crippen LogP contribution < -0.4 is 10.1 Å². The number of methoxy groups -OCH3 is 1. The van der Waals surface area contributed by atoms with E-state index in [0.717, 1.165) is 17.0 Å². The molecule has 0 unspecified atom stereocenters. The number of aromatic nitrogens is 1. The number of hydrogen-bond acceptors (Lipinski definition) is 5. The molecule has 100 valence electrons. The summed E-state index contributed by atoms with van der Waals surface area (Å²) in [4.78, 5) is 10.9. The molecule has 1 aromatic carbocycles. The van der Waals surface area contributed by atoms with Crippen LogP contribution in [-0.2, 0) is 6.54 Å². The Bertz CT molecular complexity index is 592. The second-order valence-electron chi connectivity index (χ2n) is 4.00. The van der Waals surface area contributed by atoms with E-state index >= 15 is 0 Å². The van der Waals surface area contributed by atoms with Gasteiger partial charge in [0.2, 0.25) is 0 Å². The Hall–Kier alpha value is -2.50. The molecule has 0 saturated heterocycles. The molecule has 1 aromatic heterocycles. The Labute approximate surface area is 110 Å². The first-order valence-electron chi connectivity index (χ1n) is 5.67. The predicted molar refractivity (Wildman–Crippen MR) is 68.5 cm³/mol. The standard InChI is InChI=1S/C13H14N2O4/c1-8-3-4-9(18-2)5-11(8)14-7-12-10(13(16)17)6-15-19-12/h3-6,14H,7H2,1-2H3,(H,16,17). The predicted octanol–water partition coefficient (Wildman–Crippen LogP) is 2.30. The Morgan fingerprint density at radius 1 is 1.53 bits per heavy atom. The van der Waals surface area contributed by atoms with Gasteiger partial charge in [-0.05, 0) is 18.6 Å². The Morgan fingerprint density at radius 2 is 2.32 bits per heavy atom. The molecule has 0 radical (unpaired) electrons. The molecule has 2 aromatic rings. The van der Waals surface area contributed by atoms with Crippen molar-refractivity contribution in [3.8, 4) is 5.75 Å². The molecule has 0 fully saturated rings. The molecule has 1 heterocycles. The van der Waals surface area contributed by atoms with Gasteiger partial charge in [0.15, 0.2) is 5.76 Å². The smallest absolute Gasteiger partial charge is 0.341 e. The van der Waals surface area contributed by atoms with Crippen molar-refractivity contribution in [1.29, 1.82) is 0 Å². The number of aryl methyl sites for hydroxylation is 1. The van der Waals surface area contributed by atoms with Crippen LogP contribution in [-0.4, -0.2) is 23.3 Å². The number of nitrogens with one attached hydrogen (secondary N) is 1. The number of aromatic carboxylic acids is 1. The van der Waals surface area contributed by atoms with Gasteiger partial charge in [0.05, 0.1) is 19.9 Å². The van der Waals surface area contributed by atoms with Crippen LogP contribution in [0.5, 0.6) is 5.75 Å². The van der Waals surface area contributed by atoms with Gasteiger partial charge in [0.25, 0.3) is 0 Å². The summed E-state index contributed by atoms with van der Waals surface area (Å²) in [7, 11) is 1.59. The van der Waals surface area contributed by atoms with Crippen LogP contribution in [0.3, 0.4) is 0 Å². The fourth-order valence-electron chi connectivity index (χ4n) is 1.66. The molecule has 2 rings (SSSR count). The zero-order valence-electron chi connectivity index (χ0n) is 10.6. The van der Waals surface area contributed by atoms with Crippen LogP contribution in [0.15, 0.2) is 28.9 Å². The quantitative estimate of drug-likeness (QED) is 0.860. The van der Waals surface area contributed by atoms with Crippen LogP contribution >= 0.6 is 0 Å². The minimum absolute atomic E-state index is 0.0630. The van der Waals surface area contributed by atoms with E-state index in [1.165, 1.54) is 6.20 Å². The second kappa shape index (κ2) is 5.43. The Kier molecular flexibility index (Phi) is 3.70. The highest BCUT2D eigenvalue weighted by atomic mass is 16.5. The molecule has 2 N–H and O–H groups in total. The van der Waals surface area contributed by atoms with E-state index in [-0.39, 0.29) is 17.9 Å². The fraction of sp³-hybridized carbons (Fsp3) is 0.231. The van der Waals surface area contributed by atoms with Gasteiger partial charge in [-0.1, -0.05) is 11.2 Å². The number of rotatable bonds is 5. The summed E-state index contributed by atoms with van der Waals surface area (Å²) in [5.41, 5.74) is 1.94. The van der Waals surface area contributed by atoms with Crippen LogP contribution in [0.2, 0.25) is 0 Å². The molecular formula is C13H14N2O4. The van der Waals surface area contributed by atoms with E-state index in [2.05, 4.69) is 10.5 Å². The third-order valence-electron chi connectivity index (χ3n) is 2.76. The lowest BCUT2D eigenvalue weighted by Crippen LogP contribution is -2.05. The van der Waals surface area contributed by atoms with Crippen molar-refractivity contribution < 1.29 is 19.2 Å². The summed E-state index contributed by atoms with van der Waals surface area (Å²) in [6.07, 6.45) is 1.19. The summed E-state index contributed by atoms with van der Waals surface area (Å²) in [5.74, 6) is -0.0423. The third-order valence-corrected chi connectivity index (χ3v) is 2.76. The molecule has 19 heavy (non-hydrogen) atoms. The number of carboxylic acid groups (broad SMARTS) is 1. The summed E-state index contributed by atoms with van der Waals surface area (Å²) in [6.45, 7) is 2.19. The minimum atomic E-state index is -1.06. The number of hydrogen-bond donors (Lipinski definition) is 2. The van der Waals surface area contributed by atoms with Crippen molar-refractivity contribution in [1.82, 2.24) is 5.16 Å². The van der Waals surface area contributed by atoms with Crippen LogP contribution in [0.4, 0.5) is 5.69 Å². The highest BCUT2D eigenvalue weighted by Gasteiger charge is 2.14. The van der Waals surface area contributed by atoms with Crippen LogP contribution in [0, 0.1) is 6.92 Å². The number of benzene rings is 1. The van der Waals surface area contributed by atoms with Crippen LogP contribution in [0.1, 0.15) is 21.7 Å². The largest absolute Gasteiger partial charge is 0.497 e. The van der Waals surface area contributed by atoms with Gasteiger partial charge in [-0.3, -0.25) is 0 Å². The number of ether oxygens (including phenoxy) is 1. The van der Waals surface area contributed by atoms with Gasteiger partial charge < -0.3 is 19.7 Å². The van der Waals surface area contributed by atoms with Gasteiger partial charge in [-0.15, -0.1) is 0 Å². The van der Waals surface area contributed by atoms with E-state index in [1.54, 1.807) is 7.11 Å². The molecule has 0 amide bonds. The maximum absolute atomic E-state index is 10.9. The number of nitrogens with zero attached hydrogens (tertiary/aromatic N) is 1. The summed E-state index contributed by atoms with van der Waals surface area (Å²) in [6, 6.07) is 5.61. The molecule has 0 saturated carbocycles. The van der Waals surface area contributed by atoms with E-state index < -0.39 is 5.97 Å². The van der Waals surface area contributed by atoms with E-state index in [1.807, 2.05) is 25.1 Å². The average Bonchev–Trinajstić information content (AvgIpc) is 2.86. The molecule has 0 spiro atoms. The lowest BCUT2D eigenvalue weighted by atomic mass is 10.2. The molecule has 0 aliphatic heterocycles. The number of carbonyl (C=O) groups is 1. The third kappa shape index (κ3) is 2.85. The maximum atomic E-state index is 10.9. The second-order valence-corrected chi connectivity index (χ2v) is 4.00. The SMILES string of the molecule is COc1ccc(C)c(NCc2oncc2C(=O)O)c1. The molecule has 6 heteroatoms. The molecular weight excluding hydrogens is 248 g/mol. The average molecular weight is 262 g/mol. The topological polar surface area (TPSA) is 84.6 Å². The van der Waals surface area contributed by atoms with E-state index in [9.17, 15) is 4.79 Å². The van der Waals surface area contributed by atoms with Crippen molar-refractivity contribution in [3.05, 3.63) is 41.3 Å². The summed E-state index contributed by atoms with van der Waals surface area (Å²) in [5, 5.41) is 15.5. The van der Waals surface area contributed by atoms with E-state index in [0.29, 0.717) is 0 Å². The van der Waals surface area contributed by atoms with Crippen molar-refractivity contribution >= 4 is 11.7 Å². The van der Waals surface area contributed by atoms with Crippen molar-refractivity contribution in [2.75, 3.05) is 12.4 Å². The van der Waals surface area contributed by atoms with E-state index in [4.69, 9.17) is 14.4 Å². The Balaban J connectivity index is 2.14. The highest BCUT2D eigenvalue weighted by molar-refractivity contribution is 5.88. The zero-order valence-corrected chi connectivity index (χ0v) is 10.6. The van der Waals surface area contributed by atoms with Gasteiger partial charge in [-0.25, -0.2) is 4.79 Å². The number of anilines is 1. The lowest BCUT2D eigenvalue weighted by molar-refractivity contribution is 0.0694.